The lowest BCUT2D eigenvalue weighted by atomic mass is 9.99. The van der Waals surface area contributed by atoms with Crippen molar-refractivity contribution < 1.29 is 4.79 Å². The Kier molecular flexibility index (Phi) is 3.88. The van der Waals surface area contributed by atoms with E-state index in [1.165, 1.54) is 27.8 Å². The zero-order valence-electron chi connectivity index (χ0n) is 14.5. The summed E-state index contributed by atoms with van der Waals surface area (Å²) in [6, 6.07) is 17.0. The lowest BCUT2D eigenvalue weighted by Crippen LogP contribution is -2.28. The van der Waals surface area contributed by atoms with Gasteiger partial charge in [-0.1, -0.05) is 48.0 Å². The Hall–Kier alpha value is -2.88. The molecule has 0 aliphatic heterocycles. The molecule has 25 heavy (non-hydrogen) atoms. The topological polar surface area (TPSA) is 46.9 Å². The van der Waals surface area contributed by atoms with Gasteiger partial charge in [-0.15, -0.1) is 0 Å². The van der Waals surface area contributed by atoms with Crippen LogP contribution in [0.25, 0.3) is 11.1 Å². The number of rotatable bonds is 3. The number of nitrogens with zero attached hydrogens (tertiary/aromatic N) is 2. The van der Waals surface area contributed by atoms with E-state index in [2.05, 4.69) is 59.8 Å². The molecule has 0 saturated heterocycles. The first-order chi connectivity index (χ1) is 12.1. The maximum absolute atomic E-state index is 12.4. The van der Waals surface area contributed by atoms with Gasteiger partial charge in [0.2, 0.25) is 0 Å². The molecule has 2 aromatic carbocycles. The molecule has 3 aromatic rings. The number of aryl methyl sites for hydroxylation is 3. The van der Waals surface area contributed by atoms with Gasteiger partial charge in [-0.3, -0.25) is 9.48 Å². The highest BCUT2D eigenvalue weighted by atomic mass is 16.2. The molecule has 126 valence electrons. The van der Waals surface area contributed by atoms with E-state index in [0.29, 0.717) is 5.69 Å². The predicted octanol–water partition coefficient (Wildman–Crippen LogP) is 3.81. The molecule has 1 aliphatic rings. The molecule has 0 radical (unpaired) electrons. The minimum absolute atomic E-state index is 0.0690. The van der Waals surface area contributed by atoms with Crippen molar-refractivity contribution in [1.82, 2.24) is 15.1 Å². The molecule has 0 bridgehead atoms. The van der Waals surface area contributed by atoms with E-state index < -0.39 is 0 Å². The Labute approximate surface area is 147 Å². The van der Waals surface area contributed by atoms with Crippen LogP contribution in [0.1, 0.15) is 39.6 Å². The van der Waals surface area contributed by atoms with Gasteiger partial charge in [-0.25, -0.2) is 0 Å². The SMILES string of the molecule is Cc1ccc(-c2ccc3c(c2)CC[C@H]3NC(=O)c2ccnn2C)cc1. The second-order valence-corrected chi connectivity index (χ2v) is 6.68. The summed E-state index contributed by atoms with van der Waals surface area (Å²) in [6.07, 6.45) is 3.58. The normalized spacial score (nSPS) is 15.8. The van der Waals surface area contributed by atoms with Crippen molar-refractivity contribution in [1.29, 1.82) is 0 Å². The summed E-state index contributed by atoms with van der Waals surface area (Å²) in [6.45, 7) is 2.10. The van der Waals surface area contributed by atoms with Crippen molar-refractivity contribution >= 4 is 5.91 Å². The van der Waals surface area contributed by atoms with Crippen molar-refractivity contribution in [3.8, 4) is 11.1 Å². The first-order valence-corrected chi connectivity index (χ1v) is 8.60. The van der Waals surface area contributed by atoms with E-state index in [-0.39, 0.29) is 11.9 Å². The standard InChI is InChI=1S/C21H21N3O/c1-14-3-5-15(6-4-14)16-7-9-18-17(13-16)8-10-19(18)23-21(25)20-11-12-22-24(20)2/h3-7,9,11-13,19H,8,10H2,1-2H3,(H,23,25)/t19-/m1/s1. The number of hydrogen-bond acceptors (Lipinski definition) is 2. The monoisotopic (exact) mass is 331 g/mol. The Morgan fingerprint density at radius 1 is 1.12 bits per heavy atom. The molecule has 1 aliphatic carbocycles. The number of benzene rings is 2. The molecule has 4 nitrogen and oxygen atoms in total. The van der Waals surface area contributed by atoms with Gasteiger partial charge >= 0.3 is 0 Å². The number of amides is 1. The molecule has 0 spiro atoms. The zero-order chi connectivity index (χ0) is 17.4. The molecule has 4 heteroatoms. The molecule has 1 N–H and O–H groups in total. The molecule has 1 amide bonds. The van der Waals surface area contributed by atoms with Gasteiger partial charge in [-0.05, 0) is 48.1 Å². The zero-order valence-corrected chi connectivity index (χ0v) is 14.5. The summed E-state index contributed by atoms with van der Waals surface area (Å²) in [5.41, 5.74) is 6.88. The van der Waals surface area contributed by atoms with E-state index in [1.807, 2.05) is 0 Å². The largest absolute Gasteiger partial charge is 0.344 e. The third-order valence-corrected chi connectivity index (χ3v) is 4.96. The van der Waals surface area contributed by atoms with Crippen LogP contribution in [-0.4, -0.2) is 15.7 Å². The van der Waals surface area contributed by atoms with Crippen molar-refractivity contribution in [3.63, 3.8) is 0 Å². The number of carbonyl (C=O) groups is 1. The van der Waals surface area contributed by atoms with E-state index in [0.717, 1.165) is 12.8 Å². The van der Waals surface area contributed by atoms with Gasteiger partial charge in [0.15, 0.2) is 0 Å². The van der Waals surface area contributed by atoms with Crippen LogP contribution in [0.3, 0.4) is 0 Å². The highest BCUT2D eigenvalue weighted by Crippen LogP contribution is 2.34. The molecule has 0 unspecified atom stereocenters. The van der Waals surface area contributed by atoms with Crippen LogP contribution in [0, 0.1) is 6.92 Å². The summed E-state index contributed by atoms with van der Waals surface area (Å²) in [5, 5.41) is 7.21. The highest BCUT2D eigenvalue weighted by Gasteiger charge is 2.25. The van der Waals surface area contributed by atoms with Crippen molar-refractivity contribution in [2.45, 2.75) is 25.8 Å². The summed E-state index contributed by atoms with van der Waals surface area (Å²) in [4.78, 5) is 12.4. The van der Waals surface area contributed by atoms with Crippen LogP contribution in [0.5, 0.6) is 0 Å². The number of hydrogen-bond donors (Lipinski definition) is 1. The highest BCUT2D eigenvalue weighted by molar-refractivity contribution is 5.92. The summed E-state index contributed by atoms with van der Waals surface area (Å²) in [7, 11) is 1.78. The Morgan fingerprint density at radius 2 is 1.88 bits per heavy atom. The van der Waals surface area contributed by atoms with Gasteiger partial charge in [0.05, 0.1) is 6.04 Å². The minimum atomic E-state index is -0.0690. The molecule has 1 atom stereocenters. The number of fused-ring (bicyclic) bond motifs is 1. The number of nitrogens with one attached hydrogen (secondary N) is 1. The third-order valence-electron chi connectivity index (χ3n) is 4.96. The van der Waals surface area contributed by atoms with Gasteiger partial charge in [0.25, 0.3) is 5.91 Å². The van der Waals surface area contributed by atoms with Crippen LogP contribution in [0.4, 0.5) is 0 Å². The van der Waals surface area contributed by atoms with Crippen LogP contribution in [0.2, 0.25) is 0 Å². The summed E-state index contributed by atoms with van der Waals surface area (Å²) < 4.78 is 1.60. The summed E-state index contributed by atoms with van der Waals surface area (Å²) in [5.74, 6) is -0.0690. The molecule has 0 fully saturated rings. The van der Waals surface area contributed by atoms with Gasteiger partial charge < -0.3 is 5.32 Å². The molecule has 1 heterocycles. The Bertz CT molecular complexity index is 925. The van der Waals surface area contributed by atoms with Crippen molar-refractivity contribution in [2.24, 2.45) is 7.05 Å². The Morgan fingerprint density at radius 3 is 2.60 bits per heavy atom. The average Bonchev–Trinajstić information content (AvgIpc) is 3.21. The second-order valence-electron chi connectivity index (χ2n) is 6.68. The van der Waals surface area contributed by atoms with Crippen LogP contribution < -0.4 is 5.32 Å². The van der Waals surface area contributed by atoms with E-state index >= 15 is 0 Å². The molecular weight excluding hydrogens is 310 g/mol. The maximum Gasteiger partial charge on any atom is 0.270 e. The molecule has 1 aromatic heterocycles. The van der Waals surface area contributed by atoms with Gasteiger partial charge in [0, 0.05) is 13.2 Å². The van der Waals surface area contributed by atoms with Crippen LogP contribution >= 0.6 is 0 Å². The van der Waals surface area contributed by atoms with Gasteiger partial charge in [-0.2, -0.15) is 5.10 Å². The maximum atomic E-state index is 12.4. The molecular formula is C21H21N3O. The lowest BCUT2D eigenvalue weighted by Gasteiger charge is -2.15. The van der Waals surface area contributed by atoms with Crippen LogP contribution in [-0.2, 0) is 13.5 Å². The van der Waals surface area contributed by atoms with E-state index in [9.17, 15) is 4.79 Å². The fraction of sp³-hybridized carbons (Fsp3) is 0.238. The lowest BCUT2D eigenvalue weighted by molar-refractivity contribution is 0.0927. The van der Waals surface area contributed by atoms with Crippen LogP contribution in [0.15, 0.2) is 54.7 Å². The molecule has 0 saturated carbocycles. The first kappa shape index (κ1) is 15.6. The number of aromatic nitrogens is 2. The van der Waals surface area contributed by atoms with E-state index in [4.69, 9.17) is 0 Å². The molecule has 4 rings (SSSR count). The number of carbonyl (C=O) groups excluding carboxylic acids is 1. The second kappa shape index (κ2) is 6.20. The van der Waals surface area contributed by atoms with Crippen molar-refractivity contribution in [2.75, 3.05) is 0 Å². The first-order valence-electron chi connectivity index (χ1n) is 8.60. The Balaban J connectivity index is 1.56. The fourth-order valence-electron chi connectivity index (χ4n) is 3.52. The fourth-order valence-corrected chi connectivity index (χ4v) is 3.52. The summed E-state index contributed by atoms with van der Waals surface area (Å²) >= 11 is 0. The predicted molar refractivity (Wildman–Crippen MR) is 98.4 cm³/mol. The van der Waals surface area contributed by atoms with Crippen molar-refractivity contribution in [3.05, 3.63) is 77.1 Å². The minimum Gasteiger partial charge on any atom is -0.344 e. The third kappa shape index (κ3) is 2.95. The smallest absolute Gasteiger partial charge is 0.270 e. The van der Waals surface area contributed by atoms with E-state index in [1.54, 1.807) is 24.0 Å². The average molecular weight is 331 g/mol. The van der Waals surface area contributed by atoms with Gasteiger partial charge in [0.1, 0.15) is 5.69 Å². The quantitative estimate of drug-likeness (QED) is 0.793.